The molecule has 2 aliphatic rings. The lowest BCUT2D eigenvalue weighted by Crippen LogP contribution is -2.35. The number of hydrogen-bond donors (Lipinski definition) is 2. The lowest BCUT2D eigenvalue weighted by Gasteiger charge is -2.26. The van der Waals surface area contributed by atoms with Gasteiger partial charge in [0, 0.05) is 6.07 Å². The third kappa shape index (κ3) is 5.03. The smallest absolute Gasteiger partial charge is 0.241 e. The van der Waals surface area contributed by atoms with Gasteiger partial charge in [-0.15, -0.1) is 12.4 Å². The van der Waals surface area contributed by atoms with Crippen LogP contribution < -0.4 is 20.1 Å². The molecule has 3 heterocycles. The van der Waals surface area contributed by atoms with E-state index in [0.717, 1.165) is 49.3 Å². The maximum atomic E-state index is 12.2. The van der Waals surface area contributed by atoms with Gasteiger partial charge in [-0.3, -0.25) is 4.79 Å². The number of carbonyl (C=O) groups is 1. The van der Waals surface area contributed by atoms with Crippen LogP contribution in [-0.4, -0.2) is 23.5 Å². The van der Waals surface area contributed by atoms with Crippen LogP contribution in [0.15, 0.2) is 66.9 Å². The molecule has 1 saturated heterocycles. The lowest BCUT2D eigenvalue weighted by atomic mass is 9.97. The van der Waals surface area contributed by atoms with E-state index in [2.05, 4.69) is 27.8 Å². The summed E-state index contributed by atoms with van der Waals surface area (Å²) >= 11 is 0. The Hall–Kier alpha value is -3.09. The average molecular weight is 452 g/mol. The topological polar surface area (TPSA) is 72.5 Å². The first kappa shape index (κ1) is 22.1. The Labute approximate surface area is 193 Å². The molecule has 0 radical (unpaired) electrons. The number of fused-ring (bicyclic) bond motifs is 1. The van der Waals surface area contributed by atoms with Crippen molar-refractivity contribution in [2.45, 2.75) is 37.8 Å². The van der Waals surface area contributed by atoms with E-state index in [9.17, 15) is 4.79 Å². The molecule has 0 bridgehead atoms. The molecule has 1 aromatic heterocycles. The van der Waals surface area contributed by atoms with E-state index in [4.69, 9.17) is 9.47 Å². The molecule has 2 atom stereocenters. The summed E-state index contributed by atoms with van der Waals surface area (Å²) in [4.78, 5) is 16.5. The van der Waals surface area contributed by atoms with Crippen LogP contribution in [0.3, 0.4) is 0 Å². The van der Waals surface area contributed by atoms with Crippen LogP contribution in [0.1, 0.15) is 36.5 Å². The SMILES string of the molecule is Cl.O=C(Nc1ccc(Oc2ccc3c(c2)CCC(c2ccccc2)O3)nc1)[C@H]1CCCN1. The van der Waals surface area contributed by atoms with Gasteiger partial charge in [0.15, 0.2) is 0 Å². The van der Waals surface area contributed by atoms with E-state index < -0.39 is 0 Å². The van der Waals surface area contributed by atoms with E-state index in [1.807, 2.05) is 36.4 Å². The maximum absolute atomic E-state index is 12.2. The predicted octanol–water partition coefficient (Wildman–Crippen LogP) is 5.05. The highest BCUT2D eigenvalue weighted by Crippen LogP contribution is 2.37. The van der Waals surface area contributed by atoms with Gasteiger partial charge in [-0.25, -0.2) is 4.98 Å². The number of aromatic nitrogens is 1. The molecule has 6 nitrogen and oxygen atoms in total. The van der Waals surface area contributed by atoms with E-state index in [1.54, 1.807) is 18.3 Å². The zero-order valence-electron chi connectivity index (χ0n) is 17.6. The molecule has 0 aliphatic carbocycles. The Kier molecular flexibility index (Phi) is 6.93. The molecule has 1 fully saturated rings. The molecule has 0 saturated carbocycles. The number of benzene rings is 2. The summed E-state index contributed by atoms with van der Waals surface area (Å²) in [5.74, 6) is 2.09. The number of hydrogen-bond acceptors (Lipinski definition) is 5. The molecule has 2 aliphatic heterocycles. The van der Waals surface area contributed by atoms with Crippen LogP contribution in [0.25, 0.3) is 0 Å². The Bertz CT molecular complexity index is 1050. The molecule has 2 N–H and O–H groups in total. The normalized spacial score (nSPS) is 19.2. The number of nitrogens with zero attached hydrogens (tertiary/aromatic N) is 1. The standard InChI is InChI=1S/C25H25N3O3.ClH/c29-25(21-7-4-14-26-21)28-19-9-13-24(27-16-19)30-20-10-12-23-18(15-20)8-11-22(31-23)17-5-2-1-3-6-17;/h1-3,5-6,9-10,12-13,15-16,21-22,26H,4,7-8,11,14H2,(H,28,29);1H/t21-,22?;/m1./s1. The third-order valence-electron chi connectivity index (χ3n) is 5.75. The lowest BCUT2D eigenvalue weighted by molar-refractivity contribution is -0.117. The number of carbonyl (C=O) groups excluding carboxylic acids is 1. The quantitative estimate of drug-likeness (QED) is 0.567. The minimum absolute atomic E-state index is 0. The molecule has 7 heteroatoms. The molecular formula is C25H26ClN3O3. The highest BCUT2D eigenvalue weighted by atomic mass is 35.5. The maximum Gasteiger partial charge on any atom is 0.241 e. The van der Waals surface area contributed by atoms with Crippen molar-refractivity contribution in [1.82, 2.24) is 10.3 Å². The van der Waals surface area contributed by atoms with Crippen molar-refractivity contribution < 1.29 is 14.3 Å². The fourth-order valence-corrected chi connectivity index (χ4v) is 4.10. The molecule has 2 aromatic carbocycles. The van der Waals surface area contributed by atoms with Crippen LogP contribution in [0.4, 0.5) is 5.69 Å². The van der Waals surface area contributed by atoms with Gasteiger partial charge in [-0.2, -0.15) is 0 Å². The number of rotatable bonds is 5. The monoisotopic (exact) mass is 451 g/mol. The summed E-state index contributed by atoms with van der Waals surface area (Å²) in [5, 5.41) is 6.09. The summed E-state index contributed by atoms with van der Waals surface area (Å²) in [7, 11) is 0. The van der Waals surface area contributed by atoms with Gasteiger partial charge < -0.3 is 20.1 Å². The van der Waals surface area contributed by atoms with Crippen molar-refractivity contribution in [2.75, 3.05) is 11.9 Å². The summed E-state index contributed by atoms with van der Waals surface area (Å²) in [6.07, 6.45) is 5.47. The molecule has 1 amide bonds. The first-order valence-corrected chi connectivity index (χ1v) is 10.8. The van der Waals surface area contributed by atoms with Crippen LogP contribution >= 0.6 is 12.4 Å². The van der Waals surface area contributed by atoms with Crippen molar-refractivity contribution in [3.63, 3.8) is 0 Å². The molecular weight excluding hydrogens is 426 g/mol. The van der Waals surface area contributed by atoms with Crippen molar-refractivity contribution in [3.8, 4) is 17.4 Å². The Balaban J connectivity index is 0.00000245. The van der Waals surface area contributed by atoms with Crippen molar-refractivity contribution >= 4 is 24.0 Å². The van der Waals surface area contributed by atoms with Crippen molar-refractivity contribution in [3.05, 3.63) is 78.0 Å². The van der Waals surface area contributed by atoms with Crippen molar-refractivity contribution in [2.24, 2.45) is 0 Å². The predicted molar refractivity (Wildman–Crippen MR) is 126 cm³/mol. The van der Waals surface area contributed by atoms with E-state index in [-0.39, 0.29) is 30.5 Å². The number of amides is 1. The molecule has 166 valence electrons. The second-order valence-electron chi connectivity index (χ2n) is 7.95. The third-order valence-corrected chi connectivity index (χ3v) is 5.75. The zero-order chi connectivity index (χ0) is 21.0. The van der Waals surface area contributed by atoms with E-state index in [0.29, 0.717) is 11.6 Å². The van der Waals surface area contributed by atoms with Crippen LogP contribution in [0.2, 0.25) is 0 Å². The Morgan fingerprint density at radius 2 is 1.97 bits per heavy atom. The number of ether oxygens (including phenoxy) is 2. The minimum Gasteiger partial charge on any atom is -0.485 e. The summed E-state index contributed by atoms with van der Waals surface area (Å²) in [6, 6.07) is 19.6. The number of halogens is 1. The Morgan fingerprint density at radius 1 is 1.09 bits per heavy atom. The fraction of sp³-hybridized carbons (Fsp3) is 0.280. The summed E-state index contributed by atoms with van der Waals surface area (Å²) in [5.41, 5.74) is 3.00. The number of anilines is 1. The summed E-state index contributed by atoms with van der Waals surface area (Å²) in [6.45, 7) is 0.891. The largest absolute Gasteiger partial charge is 0.485 e. The summed E-state index contributed by atoms with van der Waals surface area (Å²) < 4.78 is 12.1. The highest BCUT2D eigenvalue weighted by Gasteiger charge is 2.23. The van der Waals surface area contributed by atoms with Crippen LogP contribution in [0.5, 0.6) is 17.4 Å². The first-order valence-electron chi connectivity index (χ1n) is 10.8. The average Bonchev–Trinajstić information content (AvgIpc) is 3.36. The second-order valence-corrected chi connectivity index (χ2v) is 7.95. The van der Waals surface area contributed by atoms with Crippen LogP contribution in [0, 0.1) is 0 Å². The van der Waals surface area contributed by atoms with Crippen LogP contribution in [-0.2, 0) is 11.2 Å². The molecule has 0 spiro atoms. The molecule has 3 aromatic rings. The van der Waals surface area contributed by atoms with Gasteiger partial charge >= 0.3 is 0 Å². The van der Waals surface area contributed by atoms with Gasteiger partial charge in [-0.1, -0.05) is 30.3 Å². The molecule has 32 heavy (non-hydrogen) atoms. The van der Waals surface area contributed by atoms with E-state index in [1.165, 1.54) is 5.56 Å². The van der Waals surface area contributed by atoms with E-state index >= 15 is 0 Å². The second kappa shape index (κ2) is 10.0. The van der Waals surface area contributed by atoms with Gasteiger partial charge in [-0.05, 0) is 67.6 Å². The zero-order valence-corrected chi connectivity index (χ0v) is 18.4. The number of aryl methyl sites for hydroxylation is 1. The van der Waals surface area contributed by atoms with Gasteiger partial charge in [0.05, 0.1) is 17.9 Å². The van der Waals surface area contributed by atoms with Gasteiger partial charge in [0.25, 0.3) is 0 Å². The first-order chi connectivity index (χ1) is 15.2. The number of pyridine rings is 1. The van der Waals surface area contributed by atoms with Crippen molar-refractivity contribution in [1.29, 1.82) is 0 Å². The fourth-order valence-electron chi connectivity index (χ4n) is 4.10. The Morgan fingerprint density at radius 3 is 2.72 bits per heavy atom. The number of nitrogens with one attached hydrogen (secondary N) is 2. The highest BCUT2D eigenvalue weighted by molar-refractivity contribution is 5.94. The molecule has 5 rings (SSSR count). The molecule has 1 unspecified atom stereocenters. The van der Waals surface area contributed by atoms with Gasteiger partial charge in [0.2, 0.25) is 11.8 Å². The minimum atomic E-state index is -0.116. The van der Waals surface area contributed by atoms with Gasteiger partial charge in [0.1, 0.15) is 17.6 Å².